The van der Waals surface area contributed by atoms with Gasteiger partial charge in [-0.15, -0.1) is 0 Å². The fraction of sp³-hybridized carbons (Fsp3) is 0.182. The van der Waals surface area contributed by atoms with Crippen molar-refractivity contribution in [2.75, 3.05) is 0 Å². The highest BCUT2D eigenvalue weighted by Crippen LogP contribution is 2.31. The smallest absolute Gasteiger partial charge is 0.275 e. The molecule has 4 heteroatoms. The Bertz CT molecular complexity index is 503. The van der Waals surface area contributed by atoms with Gasteiger partial charge >= 0.3 is 0 Å². The summed E-state index contributed by atoms with van der Waals surface area (Å²) in [7, 11) is 1.66. The number of rotatable bonds is 1. The van der Waals surface area contributed by atoms with Gasteiger partial charge in [0.1, 0.15) is 5.82 Å². The summed E-state index contributed by atoms with van der Waals surface area (Å²) in [6.45, 7) is 1.96. The van der Waals surface area contributed by atoms with Crippen LogP contribution in [0.2, 0.25) is 0 Å². The lowest BCUT2D eigenvalue weighted by Crippen LogP contribution is -1.93. The summed E-state index contributed by atoms with van der Waals surface area (Å²) in [5.41, 5.74) is 1.95. The van der Waals surface area contributed by atoms with E-state index in [1.54, 1.807) is 7.05 Å². The molecule has 1 aromatic heterocycles. The Morgan fingerprint density at radius 1 is 1.20 bits per heavy atom. The molecule has 0 saturated carbocycles. The largest absolute Gasteiger partial charge is 0.491 e. The average molecular weight is 204 g/mol. The lowest BCUT2D eigenvalue weighted by Gasteiger charge is -2.04. The fourth-order valence-electron chi connectivity index (χ4n) is 1.54. The van der Waals surface area contributed by atoms with Crippen LogP contribution in [0.3, 0.4) is 0 Å². The molecule has 0 atom stereocenters. The van der Waals surface area contributed by atoms with E-state index in [1.165, 1.54) is 4.57 Å². The first kappa shape index (κ1) is 9.58. The van der Waals surface area contributed by atoms with Crippen LogP contribution in [-0.4, -0.2) is 19.8 Å². The molecule has 0 radical (unpaired) electrons. The minimum atomic E-state index is -0.337. The maximum absolute atomic E-state index is 9.43. The monoisotopic (exact) mass is 204 g/mol. The van der Waals surface area contributed by atoms with E-state index in [0.717, 1.165) is 11.1 Å². The second-order valence-electron chi connectivity index (χ2n) is 3.46. The molecule has 0 fully saturated rings. The van der Waals surface area contributed by atoms with E-state index in [4.69, 9.17) is 0 Å². The topological polar surface area (TPSA) is 58.3 Å². The van der Waals surface area contributed by atoms with Crippen LogP contribution in [0.1, 0.15) is 5.56 Å². The molecule has 0 unspecified atom stereocenters. The SMILES string of the molecule is Cc1ccccc1-c1nc(O)c(O)n1C. The van der Waals surface area contributed by atoms with Gasteiger partial charge < -0.3 is 10.2 Å². The Balaban J connectivity index is 2.65. The quantitative estimate of drug-likeness (QED) is 0.744. The molecule has 78 valence electrons. The number of aromatic nitrogens is 2. The molecule has 1 aromatic carbocycles. The third-order valence-corrected chi connectivity index (χ3v) is 2.43. The Hall–Kier alpha value is -1.97. The highest BCUT2D eigenvalue weighted by atomic mass is 16.3. The van der Waals surface area contributed by atoms with E-state index < -0.39 is 0 Å². The van der Waals surface area contributed by atoms with Crippen molar-refractivity contribution in [3.05, 3.63) is 29.8 Å². The van der Waals surface area contributed by atoms with Gasteiger partial charge in [-0.2, -0.15) is 4.98 Å². The molecule has 2 rings (SSSR count). The first-order valence-electron chi connectivity index (χ1n) is 4.62. The van der Waals surface area contributed by atoms with Gasteiger partial charge in [-0.05, 0) is 12.5 Å². The summed E-state index contributed by atoms with van der Waals surface area (Å²) in [5.74, 6) is 0.00658. The summed E-state index contributed by atoms with van der Waals surface area (Å²) in [6.07, 6.45) is 0. The zero-order valence-corrected chi connectivity index (χ0v) is 8.60. The van der Waals surface area contributed by atoms with Crippen molar-refractivity contribution in [1.82, 2.24) is 9.55 Å². The minimum absolute atomic E-state index is 0.215. The van der Waals surface area contributed by atoms with Crippen molar-refractivity contribution in [2.45, 2.75) is 6.92 Å². The van der Waals surface area contributed by atoms with E-state index in [1.807, 2.05) is 31.2 Å². The van der Waals surface area contributed by atoms with Crippen LogP contribution in [-0.2, 0) is 7.05 Å². The van der Waals surface area contributed by atoms with Crippen molar-refractivity contribution in [1.29, 1.82) is 0 Å². The third kappa shape index (κ3) is 1.44. The summed E-state index contributed by atoms with van der Waals surface area (Å²) in [5, 5.41) is 18.7. The molecule has 2 aromatic rings. The van der Waals surface area contributed by atoms with Crippen molar-refractivity contribution in [2.24, 2.45) is 7.05 Å². The van der Waals surface area contributed by atoms with Gasteiger partial charge in [-0.1, -0.05) is 24.3 Å². The van der Waals surface area contributed by atoms with E-state index in [0.29, 0.717) is 5.82 Å². The van der Waals surface area contributed by atoms with E-state index in [2.05, 4.69) is 4.98 Å². The van der Waals surface area contributed by atoms with Crippen LogP contribution in [0.5, 0.6) is 11.8 Å². The van der Waals surface area contributed by atoms with Gasteiger partial charge in [0.05, 0.1) is 0 Å². The summed E-state index contributed by atoms with van der Waals surface area (Å²) < 4.78 is 1.46. The highest BCUT2D eigenvalue weighted by molar-refractivity contribution is 5.62. The van der Waals surface area contributed by atoms with Crippen molar-refractivity contribution < 1.29 is 10.2 Å². The summed E-state index contributed by atoms with van der Waals surface area (Å²) >= 11 is 0. The molecule has 15 heavy (non-hydrogen) atoms. The molecule has 4 nitrogen and oxygen atoms in total. The van der Waals surface area contributed by atoms with Crippen molar-refractivity contribution >= 4 is 0 Å². The van der Waals surface area contributed by atoms with Crippen LogP contribution < -0.4 is 0 Å². The van der Waals surface area contributed by atoms with Crippen LogP contribution in [0.4, 0.5) is 0 Å². The molecule has 0 bridgehead atoms. The Morgan fingerprint density at radius 3 is 2.40 bits per heavy atom. The van der Waals surface area contributed by atoms with Crippen LogP contribution >= 0.6 is 0 Å². The first-order valence-corrected chi connectivity index (χ1v) is 4.62. The molecular formula is C11H12N2O2. The number of nitrogens with zero attached hydrogens (tertiary/aromatic N) is 2. The van der Waals surface area contributed by atoms with Gasteiger partial charge in [0.15, 0.2) is 0 Å². The van der Waals surface area contributed by atoms with E-state index in [-0.39, 0.29) is 11.8 Å². The second kappa shape index (κ2) is 3.31. The maximum atomic E-state index is 9.43. The Morgan fingerprint density at radius 2 is 1.87 bits per heavy atom. The zero-order valence-electron chi connectivity index (χ0n) is 8.60. The standard InChI is InChI=1S/C11H12N2O2/c1-7-5-3-4-6-8(7)9-12-10(14)11(15)13(9)2/h3-6,14-15H,1-2H3. The highest BCUT2D eigenvalue weighted by Gasteiger charge is 2.14. The molecule has 2 N–H and O–H groups in total. The minimum Gasteiger partial charge on any atom is -0.491 e. The lowest BCUT2D eigenvalue weighted by molar-refractivity contribution is 0.374. The number of hydrogen-bond acceptors (Lipinski definition) is 3. The zero-order chi connectivity index (χ0) is 11.0. The van der Waals surface area contributed by atoms with Gasteiger partial charge in [-0.25, -0.2) is 0 Å². The number of aromatic hydroxyl groups is 2. The lowest BCUT2D eigenvalue weighted by atomic mass is 10.1. The Labute approximate surface area is 87.4 Å². The normalized spacial score (nSPS) is 10.5. The molecule has 0 spiro atoms. The van der Waals surface area contributed by atoms with Gasteiger partial charge in [0.2, 0.25) is 0 Å². The second-order valence-corrected chi connectivity index (χ2v) is 3.46. The molecule has 0 aliphatic carbocycles. The number of imidazole rings is 1. The fourth-order valence-corrected chi connectivity index (χ4v) is 1.54. The molecule has 0 saturated heterocycles. The predicted molar refractivity (Wildman–Crippen MR) is 56.7 cm³/mol. The maximum Gasteiger partial charge on any atom is 0.275 e. The van der Waals surface area contributed by atoms with Gasteiger partial charge in [-0.3, -0.25) is 4.57 Å². The van der Waals surface area contributed by atoms with Crippen molar-refractivity contribution in [3.8, 4) is 23.1 Å². The van der Waals surface area contributed by atoms with Crippen LogP contribution in [0.15, 0.2) is 24.3 Å². The van der Waals surface area contributed by atoms with Crippen LogP contribution in [0, 0.1) is 6.92 Å². The predicted octanol–water partition coefficient (Wildman–Crippen LogP) is 1.81. The third-order valence-electron chi connectivity index (χ3n) is 2.43. The summed E-state index contributed by atoms with van der Waals surface area (Å²) in [4.78, 5) is 3.91. The molecule has 0 aliphatic rings. The molecular weight excluding hydrogens is 192 g/mol. The van der Waals surface area contributed by atoms with Gasteiger partial charge in [0.25, 0.3) is 11.8 Å². The van der Waals surface area contributed by atoms with Crippen LogP contribution in [0.25, 0.3) is 11.4 Å². The number of benzene rings is 1. The molecule has 0 amide bonds. The Kier molecular flexibility index (Phi) is 2.11. The van der Waals surface area contributed by atoms with E-state index >= 15 is 0 Å². The molecule has 0 aliphatic heterocycles. The summed E-state index contributed by atoms with van der Waals surface area (Å²) in [6, 6.07) is 7.68. The number of aryl methyl sites for hydroxylation is 1. The first-order chi connectivity index (χ1) is 7.11. The average Bonchev–Trinajstić information content (AvgIpc) is 2.47. The van der Waals surface area contributed by atoms with E-state index in [9.17, 15) is 10.2 Å². The van der Waals surface area contributed by atoms with Gasteiger partial charge in [0, 0.05) is 12.6 Å². The molecule has 1 heterocycles. The van der Waals surface area contributed by atoms with Crippen molar-refractivity contribution in [3.63, 3.8) is 0 Å². The number of hydrogen-bond donors (Lipinski definition) is 2.